The highest BCUT2D eigenvalue weighted by molar-refractivity contribution is 5.86. The lowest BCUT2D eigenvalue weighted by Gasteiger charge is -2.17. The van der Waals surface area contributed by atoms with E-state index in [2.05, 4.69) is 29.6 Å². The van der Waals surface area contributed by atoms with Gasteiger partial charge in [-0.1, -0.05) is 42.5 Å². The monoisotopic (exact) mass is 363 g/mol. The summed E-state index contributed by atoms with van der Waals surface area (Å²) in [6, 6.07) is 21.8. The third-order valence-electron chi connectivity index (χ3n) is 4.54. The van der Waals surface area contributed by atoms with E-state index in [-0.39, 0.29) is 11.9 Å². The third-order valence-corrected chi connectivity index (χ3v) is 4.54. The zero-order valence-corrected chi connectivity index (χ0v) is 15.8. The van der Waals surface area contributed by atoms with Gasteiger partial charge in [0, 0.05) is 6.42 Å². The first-order chi connectivity index (χ1) is 13.2. The molecule has 0 bridgehead atoms. The summed E-state index contributed by atoms with van der Waals surface area (Å²) in [5.41, 5.74) is 1.14. The van der Waals surface area contributed by atoms with Crippen LogP contribution in [-0.2, 0) is 4.79 Å². The van der Waals surface area contributed by atoms with Crippen molar-refractivity contribution in [3.8, 4) is 11.5 Å². The van der Waals surface area contributed by atoms with Crippen molar-refractivity contribution in [2.24, 2.45) is 0 Å². The van der Waals surface area contributed by atoms with Crippen LogP contribution >= 0.6 is 0 Å². The Morgan fingerprint density at radius 2 is 1.67 bits per heavy atom. The molecule has 0 spiro atoms. The van der Waals surface area contributed by atoms with E-state index in [1.165, 1.54) is 10.8 Å². The molecule has 0 saturated heterocycles. The second-order valence-corrected chi connectivity index (χ2v) is 6.49. The van der Waals surface area contributed by atoms with Crippen molar-refractivity contribution in [1.82, 2.24) is 5.32 Å². The molecule has 3 aromatic rings. The highest BCUT2D eigenvalue weighted by Gasteiger charge is 2.12. The van der Waals surface area contributed by atoms with Crippen molar-refractivity contribution < 1.29 is 14.3 Å². The summed E-state index contributed by atoms with van der Waals surface area (Å²) in [5, 5.41) is 5.45. The molecule has 4 heteroatoms. The number of ether oxygens (including phenoxy) is 2. The van der Waals surface area contributed by atoms with Gasteiger partial charge in [-0.15, -0.1) is 0 Å². The minimum Gasteiger partial charge on any atom is -0.497 e. The summed E-state index contributed by atoms with van der Waals surface area (Å²) >= 11 is 0. The van der Waals surface area contributed by atoms with Crippen LogP contribution in [-0.4, -0.2) is 19.6 Å². The maximum Gasteiger partial charge on any atom is 0.220 e. The lowest BCUT2D eigenvalue weighted by Crippen LogP contribution is -2.26. The number of nitrogens with one attached hydrogen (secondary N) is 1. The number of carbonyl (C=O) groups excluding carboxylic acids is 1. The number of carbonyl (C=O) groups is 1. The summed E-state index contributed by atoms with van der Waals surface area (Å²) < 4.78 is 10.8. The number of hydrogen-bond acceptors (Lipinski definition) is 3. The molecule has 0 radical (unpaired) electrons. The predicted molar refractivity (Wildman–Crippen MR) is 108 cm³/mol. The second kappa shape index (κ2) is 9.08. The number of methoxy groups -OCH3 is 1. The van der Waals surface area contributed by atoms with Gasteiger partial charge in [-0.25, -0.2) is 0 Å². The minimum atomic E-state index is -0.0360. The first-order valence-electron chi connectivity index (χ1n) is 9.21. The van der Waals surface area contributed by atoms with E-state index in [0.29, 0.717) is 19.4 Å². The van der Waals surface area contributed by atoms with E-state index in [0.717, 1.165) is 17.1 Å². The molecule has 3 rings (SSSR count). The molecule has 0 saturated carbocycles. The Morgan fingerprint density at radius 1 is 0.963 bits per heavy atom. The average Bonchev–Trinajstić information content (AvgIpc) is 2.71. The second-order valence-electron chi connectivity index (χ2n) is 6.49. The normalized spacial score (nSPS) is 11.8. The number of hydrogen-bond donors (Lipinski definition) is 1. The van der Waals surface area contributed by atoms with Crippen LogP contribution in [0.5, 0.6) is 11.5 Å². The van der Waals surface area contributed by atoms with Gasteiger partial charge in [0.2, 0.25) is 5.91 Å². The molecule has 0 heterocycles. The quantitative estimate of drug-likeness (QED) is 0.580. The fraction of sp³-hybridized carbons (Fsp3) is 0.261. The smallest absolute Gasteiger partial charge is 0.220 e. The van der Waals surface area contributed by atoms with Crippen LogP contribution in [0.1, 0.15) is 31.4 Å². The molecule has 3 aromatic carbocycles. The Labute approximate surface area is 160 Å². The summed E-state index contributed by atoms with van der Waals surface area (Å²) in [6.45, 7) is 2.52. The molecule has 0 aromatic heterocycles. The zero-order valence-electron chi connectivity index (χ0n) is 15.8. The molecule has 1 atom stereocenters. The van der Waals surface area contributed by atoms with E-state index in [9.17, 15) is 4.79 Å². The lowest BCUT2D eigenvalue weighted by atomic mass is 9.99. The fourth-order valence-corrected chi connectivity index (χ4v) is 3.11. The van der Waals surface area contributed by atoms with Gasteiger partial charge in [0.25, 0.3) is 0 Å². The molecule has 0 aliphatic heterocycles. The van der Waals surface area contributed by atoms with Gasteiger partial charge in [-0.2, -0.15) is 0 Å². The maximum absolute atomic E-state index is 12.3. The third kappa shape index (κ3) is 5.00. The van der Waals surface area contributed by atoms with E-state index in [1.54, 1.807) is 7.11 Å². The molecule has 1 amide bonds. The molecule has 1 N–H and O–H groups in total. The standard InChI is InChI=1S/C23H25NO3/c1-17(21-10-5-8-18-7-3-4-9-22(18)21)24-23(25)11-6-16-27-20-14-12-19(26-2)13-15-20/h3-5,7-10,12-15,17H,6,11,16H2,1-2H3,(H,24,25)/t17-/m0/s1. The molecular formula is C23H25NO3. The van der Waals surface area contributed by atoms with Crippen LogP contribution in [0.2, 0.25) is 0 Å². The van der Waals surface area contributed by atoms with E-state index in [4.69, 9.17) is 9.47 Å². The van der Waals surface area contributed by atoms with Crippen LogP contribution in [0.15, 0.2) is 66.7 Å². The van der Waals surface area contributed by atoms with Gasteiger partial charge < -0.3 is 14.8 Å². The Balaban J connectivity index is 1.47. The number of fused-ring (bicyclic) bond motifs is 1. The van der Waals surface area contributed by atoms with E-state index in [1.807, 2.05) is 49.4 Å². The lowest BCUT2D eigenvalue weighted by molar-refractivity contribution is -0.121. The van der Waals surface area contributed by atoms with Crippen LogP contribution in [0.3, 0.4) is 0 Å². The van der Waals surface area contributed by atoms with Crippen LogP contribution in [0.4, 0.5) is 0 Å². The molecular weight excluding hydrogens is 338 g/mol. The molecule has 140 valence electrons. The Morgan fingerprint density at radius 3 is 2.44 bits per heavy atom. The largest absolute Gasteiger partial charge is 0.497 e. The van der Waals surface area contributed by atoms with Crippen LogP contribution < -0.4 is 14.8 Å². The minimum absolute atomic E-state index is 0.0359. The Bertz CT molecular complexity index is 884. The van der Waals surface area contributed by atoms with Crippen molar-refractivity contribution in [2.45, 2.75) is 25.8 Å². The first-order valence-corrected chi connectivity index (χ1v) is 9.21. The van der Waals surface area contributed by atoms with Crippen molar-refractivity contribution in [2.75, 3.05) is 13.7 Å². The van der Waals surface area contributed by atoms with Gasteiger partial charge >= 0.3 is 0 Å². The summed E-state index contributed by atoms with van der Waals surface area (Å²) in [6.07, 6.45) is 1.10. The summed E-state index contributed by atoms with van der Waals surface area (Å²) in [5.74, 6) is 1.61. The number of rotatable bonds is 8. The Hall–Kier alpha value is -3.01. The van der Waals surface area contributed by atoms with Crippen LogP contribution in [0, 0.1) is 0 Å². The molecule has 4 nitrogen and oxygen atoms in total. The van der Waals surface area contributed by atoms with Crippen molar-refractivity contribution in [3.63, 3.8) is 0 Å². The van der Waals surface area contributed by atoms with Crippen molar-refractivity contribution in [3.05, 3.63) is 72.3 Å². The molecule has 0 unspecified atom stereocenters. The molecule has 0 fully saturated rings. The first kappa shape index (κ1) is 18.8. The van der Waals surface area contributed by atoms with Gasteiger partial charge in [0.05, 0.1) is 19.8 Å². The van der Waals surface area contributed by atoms with Crippen molar-refractivity contribution in [1.29, 1.82) is 0 Å². The average molecular weight is 363 g/mol. The highest BCUT2D eigenvalue weighted by Crippen LogP contribution is 2.24. The highest BCUT2D eigenvalue weighted by atomic mass is 16.5. The SMILES string of the molecule is COc1ccc(OCCCC(=O)N[C@@H](C)c2cccc3ccccc23)cc1. The number of benzene rings is 3. The molecule has 0 aliphatic carbocycles. The van der Waals surface area contributed by atoms with Gasteiger partial charge in [-0.05, 0) is 53.9 Å². The topological polar surface area (TPSA) is 47.6 Å². The van der Waals surface area contributed by atoms with Crippen LogP contribution in [0.25, 0.3) is 10.8 Å². The predicted octanol–water partition coefficient (Wildman–Crippen LogP) is 4.88. The van der Waals surface area contributed by atoms with Gasteiger partial charge in [0.1, 0.15) is 11.5 Å². The summed E-state index contributed by atoms with van der Waals surface area (Å²) in [7, 11) is 1.63. The van der Waals surface area contributed by atoms with Gasteiger partial charge in [0.15, 0.2) is 0 Å². The fourth-order valence-electron chi connectivity index (χ4n) is 3.11. The zero-order chi connectivity index (χ0) is 19.1. The maximum atomic E-state index is 12.3. The van der Waals surface area contributed by atoms with Gasteiger partial charge in [-0.3, -0.25) is 4.79 Å². The molecule has 0 aliphatic rings. The van der Waals surface area contributed by atoms with E-state index < -0.39 is 0 Å². The Kier molecular flexibility index (Phi) is 6.31. The summed E-state index contributed by atoms with van der Waals surface area (Å²) in [4.78, 5) is 12.3. The van der Waals surface area contributed by atoms with E-state index >= 15 is 0 Å². The molecule has 27 heavy (non-hydrogen) atoms. The number of amides is 1. The van der Waals surface area contributed by atoms with Crippen molar-refractivity contribution >= 4 is 16.7 Å².